The van der Waals surface area contributed by atoms with Crippen LogP contribution in [-0.2, 0) is 16.4 Å². The Bertz CT molecular complexity index is 1000. The lowest BCUT2D eigenvalue weighted by atomic mass is 10.1. The number of carbonyl (C=O) groups is 1. The van der Waals surface area contributed by atoms with Crippen LogP contribution in [0.25, 0.3) is 0 Å². The summed E-state index contributed by atoms with van der Waals surface area (Å²) < 4.78 is 25.9. The second-order valence-electron chi connectivity index (χ2n) is 8.13. The van der Waals surface area contributed by atoms with Crippen molar-refractivity contribution < 1.29 is 13.2 Å². The highest BCUT2D eigenvalue weighted by atomic mass is 32.2. The van der Waals surface area contributed by atoms with Crippen molar-refractivity contribution in [2.75, 3.05) is 34.6 Å². The summed E-state index contributed by atoms with van der Waals surface area (Å²) in [5, 5.41) is 2.98. The van der Waals surface area contributed by atoms with E-state index in [1.807, 2.05) is 0 Å². The predicted molar refractivity (Wildman–Crippen MR) is 121 cm³/mol. The lowest BCUT2D eigenvalue weighted by Gasteiger charge is -2.28. The van der Waals surface area contributed by atoms with Crippen LogP contribution in [0.5, 0.6) is 0 Å². The van der Waals surface area contributed by atoms with Crippen LogP contribution < -0.4 is 14.5 Å². The summed E-state index contributed by atoms with van der Waals surface area (Å²) in [4.78, 5) is 14.9. The molecule has 2 aliphatic heterocycles. The molecule has 30 heavy (non-hydrogen) atoms. The first-order valence-electron chi connectivity index (χ1n) is 10.7. The molecule has 4 rings (SSSR count). The molecule has 0 radical (unpaired) electrons. The van der Waals surface area contributed by atoms with E-state index in [-0.39, 0.29) is 11.7 Å². The summed E-state index contributed by atoms with van der Waals surface area (Å²) in [6, 6.07) is 15.8. The van der Waals surface area contributed by atoms with E-state index in [0.29, 0.717) is 36.8 Å². The van der Waals surface area contributed by atoms with Crippen molar-refractivity contribution in [1.29, 1.82) is 0 Å². The summed E-state index contributed by atoms with van der Waals surface area (Å²) in [6.45, 7) is 4.26. The zero-order chi connectivity index (χ0) is 21.1. The van der Waals surface area contributed by atoms with Crippen LogP contribution in [0.1, 0.15) is 42.1 Å². The van der Waals surface area contributed by atoms with E-state index in [4.69, 9.17) is 0 Å². The van der Waals surface area contributed by atoms with Gasteiger partial charge in [-0.05, 0) is 68.5 Å². The lowest BCUT2D eigenvalue weighted by molar-refractivity contribution is 0.0953. The van der Waals surface area contributed by atoms with Crippen LogP contribution in [0.15, 0.2) is 48.5 Å². The lowest BCUT2D eigenvalue weighted by Crippen LogP contribution is -2.37. The molecule has 1 N–H and O–H groups in total. The fourth-order valence-corrected chi connectivity index (χ4v) is 6.02. The van der Waals surface area contributed by atoms with Crippen LogP contribution in [0.4, 0.5) is 11.4 Å². The quantitative estimate of drug-likeness (QED) is 0.719. The first-order chi connectivity index (χ1) is 14.5. The number of rotatable bonds is 6. The normalized spacial score (nSPS) is 20.1. The monoisotopic (exact) mass is 427 g/mol. The van der Waals surface area contributed by atoms with Gasteiger partial charge >= 0.3 is 0 Å². The van der Waals surface area contributed by atoms with E-state index in [9.17, 15) is 13.2 Å². The Kier molecular flexibility index (Phi) is 5.99. The predicted octanol–water partition coefficient (Wildman–Crippen LogP) is 3.19. The van der Waals surface area contributed by atoms with Crippen LogP contribution in [0.2, 0.25) is 0 Å². The molecular formula is C23H29N3O3S. The molecule has 160 valence electrons. The third-order valence-corrected chi connectivity index (χ3v) is 7.85. The minimum atomic E-state index is -3.23. The molecular weight excluding hydrogens is 398 g/mol. The van der Waals surface area contributed by atoms with Gasteiger partial charge < -0.3 is 10.2 Å². The highest BCUT2D eigenvalue weighted by Crippen LogP contribution is 2.31. The summed E-state index contributed by atoms with van der Waals surface area (Å²) >= 11 is 0. The maximum Gasteiger partial charge on any atom is 0.251 e. The molecule has 0 spiro atoms. The summed E-state index contributed by atoms with van der Waals surface area (Å²) in [7, 11) is -3.23. The Labute approximate surface area is 178 Å². The van der Waals surface area contributed by atoms with Gasteiger partial charge in [0.2, 0.25) is 10.0 Å². The first-order valence-corrected chi connectivity index (χ1v) is 12.3. The van der Waals surface area contributed by atoms with Gasteiger partial charge in [0.25, 0.3) is 5.91 Å². The van der Waals surface area contributed by atoms with Gasteiger partial charge in [0.15, 0.2) is 0 Å². The minimum Gasteiger partial charge on any atom is -0.368 e. The van der Waals surface area contributed by atoms with Crippen molar-refractivity contribution in [3.8, 4) is 0 Å². The van der Waals surface area contributed by atoms with Gasteiger partial charge in [-0.3, -0.25) is 9.10 Å². The average Bonchev–Trinajstić information content (AvgIpc) is 3.06. The van der Waals surface area contributed by atoms with Gasteiger partial charge in [0.05, 0.1) is 11.4 Å². The number of carbonyl (C=O) groups excluding carboxylic acids is 1. The molecule has 7 heteroatoms. The largest absolute Gasteiger partial charge is 0.368 e. The number of amides is 1. The van der Waals surface area contributed by atoms with Gasteiger partial charge in [-0.25, -0.2) is 8.42 Å². The topological polar surface area (TPSA) is 69.7 Å². The molecule has 0 unspecified atom stereocenters. The molecule has 0 aromatic heterocycles. The molecule has 0 bridgehead atoms. The van der Waals surface area contributed by atoms with Crippen LogP contribution >= 0.6 is 0 Å². The number of nitrogens with zero attached hydrogens (tertiary/aromatic N) is 2. The third-order valence-electron chi connectivity index (χ3n) is 5.98. The number of para-hydroxylation sites is 1. The molecule has 2 aromatic carbocycles. The molecule has 0 saturated carbocycles. The molecule has 2 heterocycles. The molecule has 0 aliphatic carbocycles. The highest BCUT2D eigenvalue weighted by molar-refractivity contribution is 7.92. The van der Waals surface area contributed by atoms with Gasteiger partial charge in [-0.1, -0.05) is 18.2 Å². The second kappa shape index (κ2) is 8.68. The van der Waals surface area contributed by atoms with E-state index in [2.05, 4.69) is 41.4 Å². The van der Waals surface area contributed by atoms with E-state index in [1.54, 1.807) is 24.3 Å². The van der Waals surface area contributed by atoms with Crippen molar-refractivity contribution in [1.82, 2.24) is 5.32 Å². The number of hydrogen-bond donors (Lipinski definition) is 1. The summed E-state index contributed by atoms with van der Waals surface area (Å²) in [5.74, 6) is 0.0629. The number of sulfonamides is 1. The van der Waals surface area contributed by atoms with Crippen molar-refractivity contribution in [3.05, 3.63) is 59.7 Å². The van der Waals surface area contributed by atoms with Gasteiger partial charge in [0, 0.05) is 36.9 Å². The first kappa shape index (κ1) is 20.7. The molecule has 2 aromatic rings. The Morgan fingerprint density at radius 2 is 1.87 bits per heavy atom. The molecule has 2 aliphatic rings. The molecule has 1 atom stereocenters. The third kappa shape index (κ3) is 4.31. The molecule has 1 saturated heterocycles. The summed E-state index contributed by atoms with van der Waals surface area (Å²) in [5.41, 5.74) is 3.88. The van der Waals surface area contributed by atoms with E-state index >= 15 is 0 Å². The Morgan fingerprint density at radius 3 is 2.63 bits per heavy atom. The van der Waals surface area contributed by atoms with E-state index in [1.165, 1.54) is 15.6 Å². The maximum absolute atomic E-state index is 12.5. The van der Waals surface area contributed by atoms with Crippen molar-refractivity contribution in [2.45, 2.75) is 38.6 Å². The zero-order valence-electron chi connectivity index (χ0n) is 17.4. The van der Waals surface area contributed by atoms with Crippen molar-refractivity contribution >= 4 is 27.3 Å². The van der Waals surface area contributed by atoms with Crippen LogP contribution in [-0.4, -0.2) is 45.8 Å². The van der Waals surface area contributed by atoms with Crippen molar-refractivity contribution in [3.63, 3.8) is 0 Å². The second-order valence-corrected chi connectivity index (χ2v) is 10.1. The standard InChI is InChI=1S/C23H29N3O3S/c1-18-17-20-7-2-3-8-22(20)25(18)14-6-13-24-23(27)19-9-11-21(12-10-19)26-15-4-5-16-30(26,28)29/h2-3,7-12,18H,4-6,13-17H2,1H3,(H,24,27)/t18-/m1/s1. The average molecular weight is 428 g/mol. The zero-order valence-corrected chi connectivity index (χ0v) is 18.2. The Morgan fingerprint density at radius 1 is 1.10 bits per heavy atom. The maximum atomic E-state index is 12.5. The number of anilines is 2. The van der Waals surface area contributed by atoms with E-state index in [0.717, 1.165) is 25.8 Å². The van der Waals surface area contributed by atoms with Gasteiger partial charge in [-0.15, -0.1) is 0 Å². The minimum absolute atomic E-state index is 0.127. The smallest absolute Gasteiger partial charge is 0.251 e. The van der Waals surface area contributed by atoms with E-state index < -0.39 is 10.0 Å². The van der Waals surface area contributed by atoms with Crippen LogP contribution in [0, 0.1) is 0 Å². The molecule has 1 amide bonds. The van der Waals surface area contributed by atoms with Gasteiger partial charge in [-0.2, -0.15) is 0 Å². The Balaban J connectivity index is 1.29. The summed E-state index contributed by atoms with van der Waals surface area (Å²) in [6.07, 6.45) is 3.51. The fraction of sp³-hybridized carbons (Fsp3) is 0.435. The number of hydrogen-bond acceptors (Lipinski definition) is 4. The molecule has 1 fully saturated rings. The number of benzene rings is 2. The number of fused-ring (bicyclic) bond motifs is 1. The molecule has 6 nitrogen and oxygen atoms in total. The van der Waals surface area contributed by atoms with Crippen LogP contribution in [0.3, 0.4) is 0 Å². The van der Waals surface area contributed by atoms with Gasteiger partial charge in [0.1, 0.15) is 0 Å². The van der Waals surface area contributed by atoms with Crippen molar-refractivity contribution in [2.24, 2.45) is 0 Å². The highest BCUT2D eigenvalue weighted by Gasteiger charge is 2.26. The number of nitrogens with one attached hydrogen (secondary N) is 1. The SMILES string of the molecule is C[C@@H]1Cc2ccccc2N1CCCNC(=O)c1ccc(N2CCCCS2(=O)=O)cc1. The fourth-order valence-electron chi connectivity index (χ4n) is 4.38. The Hall–Kier alpha value is -2.54.